The zero-order valence-corrected chi connectivity index (χ0v) is 24.6. The van der Waals surface area contributed by atoms with Gasteiger partial charge in [0.05, 0.1) is 12.7 Å². The number of piperidine rings is 1. The molecule has 0 aliphatic carbocycles. The van der Waals surface area contributed by atoms with E-state index in [1.807, 2.05) is 12.1 Å². The van der Waals surface area contributed by atoms with Crippen LogP contribution in [0.4, 0.5) is 5.82 Å². The molecule has 0 unspecified atom stereocenters. The Hall–Kier alpha value is -4.02. The molecule has 42 heavy (non-hydrogen) atoms. The van der Waals surface area contributed by atoms with Gasteiger partial charge in [-0.1, -0.05) is 60.7 Å². The molecule has 1 fully saturated rings. The first kappa shape index (κ1) is 29.5. The number of carbonyl (C=O) groups excluding carboxylic acids is 1. The lowest BCUT2D eigenvalue weighted by Gasteiger charge is -2.34. The van der Waals surface area contributed by atoms with Gasteiger partial charge in [-0.2, -0.15) is 9.20 Å². The van der Waals surface area contributed by atoms with Crippen molar-refractivity contribution in [3.05, 3.63) is 94.4 Å². The predicted molar refractivity (Wildman–Crippen MR) is 162 cm³/mol. The fourth-order valence-corrected chi connectivity index (χ4v) is 5.31. The summed E-state index contributed by atoms with van der Waals surface area (Å²) in [7, 11) is 0. The minimum atomic E-state index is -1.24. The molecular formula is C32H40N6O4. The van der Waals surface area contributed by atoms with Gasteiger partial charge in [-0.05, 0) is 69.8 Å². The Balaban J connectivity index is 1.10. The number of hydrogen-bond donors (Lipinski definition) is 1. The van der Waals surface area contributed by atoms with Crippen LogP contribution < -0.4 is 11.0 Å². The second kappa shape index (κ2) is 13.3. The molecule has 1 N–H and O–H groups in total. The van der Waals surface area contributed by atoms with Crippen LogP contribution in [0.2, 0.25) is 0 Å². The van der Waals surface area contributed by atoms with Gasteiger partial charge in [-0.25, -0.2) is 9.59 Å². The number of esters is 1. The monoisotopic (exact) mass is 572 g/mol. The maximum Gasteiger partial charge on any atom is 0.368 e. The molecule has 10 heteroatoms. The highest BCUT2D eigenvalue weighted by molar-refractivity contribution is 5.77. The zero-order chi connectivity index (χ0) is 29.5. The summed E-state index contributed by atoms with van der Waals surface area (Å²) in [6.45, 7) is 8.85. The van der Waals surface area contributed by atoms with Crippen molar-refractivity contribution in [1.82, 2.24) is 24.3 Å². The van der Waals surface area contributed by atoms with Crippen molar-refractivity contribution in [3.63, 3.8) is 0 Å². The molecule has 1 aliphatic heterocycles. The lowest BCUT2D eigenvalue weighted by molar-refractivity contribution is -0.152. The third kappa shape index (κ3) is 6.71. The minimum Gasteiger partial charge on any atom is -0.464 e. The Morgan fingerprint density at radius 3 is 2.24 bits per heavy atom. The van der Waals surface area contributed by atoms with Crippen molar-refractivity contribution in [3.8, 4) is 0 Å². The van der Waals surface area contributed by atoms with Gasteiger partial charge in [0.25, 0.3) is 0 Å². The first-order valence-electron chi connectivity index (χ1n) is 14.7. The van der Waals surface area contributed by atoms with Crippen molar-refractivity contribution in [2.45, 2.75) is 57.8 Å². The summed E-state index contributed by atoms with van der Waals surface area (Å²) in [5, 5.41) is 12.0. The summed E-state index contributed by atoms with van der Waals surface area (Å²) in [6, 6.07) is 24.4. The second-order valence-corrected chi connectivity index (χ2v) is 11.1. The molecule has 2 aromatic heterocycles. The van der Waals surface area contributed by atoms with E-state index in [1.54, 1.807) is 32.9 Å². The van der Waals surface area contributed by atoms with Gasteiger partial charge in [-0.15, -0.1) is 10.2 Å². The van der Waals surface area contributed by atoms with Crippen LogP contribution >= 0.6 is 0 Å². The smallest absolute Gasteiger partial charge is 0.368 e. The quantitative estimate of drug-likeness (QED) is 0.198. The maximum atomic E-state index is 13.0. The molecule has 0 atom stereocenters. The summed E-state index contributed by atoms with van der Waals surface area (Å²) in [4.78, 5) is 27.8. The highest BCUT2D eigenvalue weighted by atomic mass is 16.5. The lowest BCUT2D eigenvalue weighted by atomic mass is 10.00. The molecule has 1 saturated heterocycles. The number of nitrogens with one attached hydrogen (secondary N) is 1. The Morgan fingerprint density at radius 1 is 0.976 bits per heavy atom. The SMILES string of the molecule is CCOC(=O)C(C)(C)n1nc2ccc(NCCCN3CCC(OC(c4ccccc4)c4ccccc4)CC3)nn2c1=O. The highest BCUT2D eigenvalue weighted by Crippen LogP contribution is 2.30. The molecule has 3 heterocycles. The Bertz CT molecular complexity index is 1470. The van der Waals surface area contributed by atoms with Crippen LogP contribution in [0, 0.1) is 0 Å². The number of hydrogen-bond acceptors (Lipinski definition) is 8. The molecular weight excluding hydrogens is 532 g/mol. The Morgan fingerprint density at radius 2 is 1.62 bits per heavy atom. The van der Waals surface area contributed by atoms with E-state index in [-0.39, 0.29) is 18.8 Å². The minimum absolute atomic E-state index is 0.0613. The first-order valence-corrected chi connectivity index (χ1v) is 14.7. The summed E-state index contributed by atoms with van der Waals surface area (Å²) in [6.07, 6.45) is 3.09. The fraction of sp³-hybridized carbons (Fsp3) is 0.438. The number of fused-ring (bicyclic) bond motifs is 1. The Labute approximate surface area is 246 Å². The summed E-state index contributed by atoms with van der Waals surface area (Å²) >= 11 is 0. The fourth-order valence-electron chi connectivity index (χ4n) is 5.31. The normalized spacial score (nSPS) is 14.9. The molecule has 0 bridgehead atoms. The lowest BCUT2D eigenvalue weighted by Crippen LogP contribution is -2.44. The van der Waals surface area contributed by atoms with E-state index in [0.717, 1.165) is 50.1 Å². The van der Waals surface area contributed by atoms with Crippen molar-refractivity contribution in [1.29, 1.82) is 0 Å². The molecule has 0 spiro atoms. The number of benzene rings is 2. The third-order valence-electron chi connectivity index (χ3n) is 7.71. The van der Waals surface area contributed by atoms with E-state index in [4.69, 9.17) is 9.47 Å². The number of anilines is 1. The number of aromatic nitrogens is 4. The van der Waals surface area contributed by atoms with Gasteiger partial charge < -0.3 is 19.7 Å². The zero-order valence-electron chi connectivity index (χ0n) is 24.6. The van der Waals surface area contributed by atoms with Crippen molar-refractivity contribution in [2.75, 3.05) is 38.1 Å². The summed E-state index contributed by atoms with van der Waals surface area (Å²) in [5.74, 6) is 0.0646. The van der Waals surface area contributed by atoms with Crippen LogP contribution in [0.25, 0.3) is 5.65 Å². The molecule has 1 aliphatic rings. The molecule has 10 nitrogen and oxygen atoms in total. The molecule has 2 aromatic carbocycles. The van der Waals surface area contributed by atoms with Crippen LogP contribution in [-0.4, -0.2) is 69.2 Å². The van der Waals surface area contributed by atoms with Crippen LogP contribution in [0.1, 0.15) is 57.3 Å². The van der Waals surface area contributed by atoms with Gasteiger partial charge in [0.15, 0.2) is 11.2 Å². The third-order valence-corrected chi connectivity index (χ3v) is 7.71. The van der Waals surface area contributed by atoms with E-state index < -0.39 is 17.2 Å². The molecule has 0 amide bonds. The van der Waals surface area contributed by atoms with Crippen molar-refractivity contribution >= 4 is 17.4 Å². The molecule has 0 saturated carbocycles. The Kier molecular flexibility index (Phi) is 9.34. The van der Waals surface area contributed by atoms with E-state index in [1.165, 1.54) is 15.6 Å². The van der Waals surface area contributed by atoms with E-state index in [0.29, 0.717) is 11.5 Å². The largest absolute Gasteiger partial charge is 0.464 e. The predicted octanol–water partition coefficient (Wildman–Crippen LogP) is 4.26. The number of likely N-dealkylation sites (tertiary alicyclic amines) is 1. The number of carbonyl (C=O) groups is 1. The van der Waals surface area contributed by atoms with E-state index >= 15 is 0 Å². The van der Waals surface area contributed by atoms with Gasteiger partial charge in [-0.3, -0.25) is 0 Å². The highest BCUT2D eigenvalue weighted by Gasteiger charge is 2.35. The first-order chi connectivity index (χ1) is 20.4. The maximum absolute atomic E-state index is 13.0. The molecule has 0 radical (unpaired) electrons. The van der Waals surface area contributed by atoms with Crippen LogP contribution in [0.3, 0.4) is 0 Å². The van der Waals surface area contributed by atoms with Crippen LogP contribution in [-0.2, 0) is 19.8 Å². The molecule has 4 aromatic rings. The van der Waals surface area contributed by atoms with Gasteiger partial charge >= 0.3 is 11.7 Å². The summed E-state index contributed by atoms with van der Waals surface area (Å²) in [5.41, 5.74) is 1.01. The molecule has 222 valence electrons. The average molecular weight is 573 g/mol. The van der Waals surface area contributed by atoms with Gasteiger partial charge in [0, 0.05) is 19.6 Å². The van der Waals surface area contributed by atoms with Crippen LogP contribution in [0.15, 0.2) is 77.6 Å². The molecule has 5 rings (SSSR count). The van der Waals surface area contributed by atoms with Crippen molar-refractivity contribution in [2.24, 2.45) is 0 Å². The van der Waals surface area contributed by atoms with Crippen LogP contribution in [0.5, 0.6) is 0 Å². The number of nitrogens with zero attached hydrogens (tertiary/aromatic N) is 5. The van der Waals surface area contributed by atoms with Gasteiger partial charge in [0.2, 0.25) is 0 Å². The summed E-state index contributed by atoms with van der Waals surface area (Å²) < 4.78 is 14.1. The topological polar surface area (TPSA) is 103 Å². The van der Waals surface area contributed by atoms with Crippen molar-refractivity contribution < 1.29 is 14.3 Å². The number of ether oxygens (including phenoxy) is 2. The second-order valence-electron chi connectivity index (χ2n) is 11.1. The number of rotatable bonds is 12. The average Bonchev–Trinajstić information content (AvgIpc) is 3.36. The van der Waals surface area contributed by atoms with Gasteiger partial charge in [0.1, 0.15) is 11.9 Å². The van der Waals surface area contributed by atoms with E-state index in [9.17, 15) is 9.59 Å². The van der Waals surface area contributed by atoms with E-state index in [2.05, 4.69) is 68.9 Å². The standard InChI is InChI=1S/C32H40N6O4/c1-4-41-30(39)32(2,3)38-31(40)37-28(35-38)17-16-27(34-37)33-20-11-21-36-22-18-26(19-23-36)42-29(24-12-7-5-8-13-24)25-14-9-6-10-15-25/h5-10,12-17,26,29H,4,11,18-23H2,1-3H3,(H,33,34).